The van der Waals surface area contributed by atoms with Gasteiger partial charge in [0.25, 0.3) is 17.0 Å². The highest BCUT2D eigenvalue weighted by Gasteiger charge is 2.38. The first-order valence-corrected chi connectivity index (χ1v) is 14.3. The second kappa shape index (κ2) is 10.6. The quantitative estimate of drug-likeness (QED) is 0.343. The third kappa shape index (κ3) is 4.41. The predicted octanol–water partition coefficient (Wildman–Crippen LogP) is 4.01. The molecule has 0 bridgehead atoms. The first kappa shape index (κ1) is 27.7. The summed E-state index contributed by atoms with van der Waals surface area (Å²) in [6.07, 6.45) is 3.80. The van der Waals surface area contributed by atoms with Crippen LogP contribution in [0.25, 0.3) is 11.8 Å². The number of para-hydroxylation sites is 1. The predicted molar refractivity (Wildman–Crippen MR) is 163 cm³/mol. The van der Waals surface area contributed by atoms with Crippen LogP contribution in [-0.4, -0.2) is 37.2 Å². The number of carbonyl (C=O) groups is 1. The van der Waals surface area contributed by atoms with Crippen LogP contribution in [0.15, 0.2) is 44.8 Å². The Hall–Kier alpha value is -3.88. The van der Waals surface area contributed by atoms with E-state index >= 15 is 0 Å². The van der Waals surface area contributed by atoms with Gasteiger partial charge in [0.15, 0.2) is 4.32 Å². The highest BCUT2D eigenvalue weighted by molar-refractivity contribution is 8.27. The summed E-state index contributed by atoms with van der Waals surface area (Å²) in [7, 11) is 3.43. The number of anilines is 2. The number of benzene rings is 1. The van der Waals surface area contributed by atoms with E-state index < -0.39 is 5.91 Å². The van der Waals surface area contributed by atoms with Crippen molar-refractivity contribution in [3.63, 3.8) is 0 Å². The first-order chi connectivity index (χ1) is 19.1. The zero-order chi connectivity index (χ0) is 28.9. The van der Waals surface area contributed by atoms with Crippen LogP contribution in [0.4, 0.5) is 11.5 Å². The van der Waals surface area contributed by atoms with Crippen molar-refractivity contribution in [2.24, 2.45) is 20.0 Å². The molecule has 11 heteroatoms. The standard InChI is InChI=1S/C29H30N6O3S2/c1-17-10-9-13-33(16-17)25-21(18(2)22(15-30)26(36)31(25)4)14-23-27(37)34(29(39)40-23)24-19(3)32(5)35(28(24)38)20-11-7-6-8-12-20/h6-8,11-12,14,17H,9-10,13,16H2,1-5H3. The van der Waals surface area contributed by atoms with E-state index in [9.17, 15) is 19.6 Å². The van der Waals surface area contributed by atoms with E-state index in [1.54, 1.807) is 38.7 Å². The van der Waals surface area contributed by atoms with Crippen molar-refractivity contribution in [3.05, 3.63) is 78.3 Å². The molecule has 1 aromatic carbocycles. The Labute approximate surface area is 241 Å². The van der Waals surface area contributed by atoms with Gasteiger partial charge < -0.3 is 4.90 Å². The monoisotopic (exact) mass is 574 g/mol. The van der Waals surface area contributed by atoms with Gasteiger partial charge in [0, 0.05) is 32.7 Å². The molecule has 3 aromatic rings. The van der Waals surface area contributed by atoms with Crippen molar-refractivity contribution < 1.29 is 4.79 Å². The summed E-state index contributed by atoms with van der Waals surface area (Å²) < 4.78 is 4.98. The fourth-order valence-electron chi connectivity index (χ4n) is 5.58. The fraction of sp³-hybridized carbons (Fsp3) is 0.345. The van der Waals surface area contributed by atoms with Crippen LogP contribution < -0.4 is 20.9 Å². The van der Waals surface area contributed by atoms with E-state index in [0.29, 0.717) is 39.1 Å². The number of hydrogen-bond donors (Lipinski definition) is 0. The highest BCUT2D eigenvalue weighted by Crippen LogP contribution is 2.39. The molecule has 206 valence electrons. The van der Waals surface area contributed by atoms with Gasteiger partial charge in [-0.25, -0.2) is 4.68 Å². The van der Waals surface area contributed by atoms with Crippen molar-refractivity contribution in [1.82, 2.24) is 13.9 Å². The molecule has 1 unspecified atom stereocenters. The van der Waals surface area contributed by atoms with Gasteiger partial charge in [0.1, 0.15) is 23.1 Å². The van der Waals surface area contributed by atoms with Crippen molar-refractivity contribution in [1.29, 1.82) is 5.26 Å². The van der Waals surface area contributed by atoms with Crippen LogP contribution in [0.3, 0.4) is 0 Å². The average Bonchev–Trinajstić information content (AvgIpc) is 3.32. The molecule has 5 rings (SSSR count). The summed E-state index contributed by atoms with van der Waals surface area (Å²) in [5.41, 5.74) is 1.97. The molecule has 0 saturated carbocycles. The molecule has 9 nitrogen and oxygen atoms in total. The summed E-state index contributed by atoms with van der Waals surface area (Å²) >= 11 is 6.75. The largest absolute Gasteiger partial charge is 0.357 e. The molecular weight excluding hydrogens is 544 g/mol. The van der Waals surface area contributed by atoms with Crippen LogP contribution >= 0.6 is 24.0 Å². The first-order valence-electron chi connectivity index (χ1n) is 13.1. The molecule has 2 saturated heterocycles. The Morgan fingerprint density at radius 1 is 1.10 bits per heavy atom. The van der Waals surface area contributed by atoms with Gasteiger partial charge >= 0.3 is 0 Å². The average molecular weight is 575 g/mol. The van der Waals surface area contributed by atoms with Crippen LogP contribution in [0, 0.1) is 31.1 Å². The minimum atomic E-state index is -0.411. The second-order valence-corrected chi connectivity index (χ2v) is 12.0. The number of rotatable bonds is 4. The van der Waals surface area contributed by atoms with Gasteiger partial charge in [-0.2, -0.15) is 5.26 Å². The lowest BCUT2D eigenvalue weighted by Crippen LogP contribution is -2.39. The molecule has 0 spiro atoms. The van der Waals surface area contributed by atoms with Crippen molar-refractivity contribution in [2.75, 3.05) is 22.9 Å². The number of hydrogen-bond acceptors (Lipinski definition) is 7. The Kier molecular flexibility index (Phi) is 7.33. The molecule has 1 amide bonds. The van der Waals surface area contributed by atoms with Gasteiger partial charge in [-0.3, -0.25) is 28.5 Å². The molecule has 40 heavy (non-hydrogen) atoms. The van der Waals surface area contributed by atoms with Gasteiger partial charge in [-0.05, 0) is 56.4 Å². The molecule has 4 heterocycles. The summed E-state index contributed by atoms with van der Waals surface area (Å²) in [6.45, 7) is 7.24. The number of piperidine rings is 1. The molecular formula is C29H30N6O3S2. The minimum Gasteiger partial charge on any atom is -0.357 e. The zero-order valence-corrected chi connectivity index (χ0v) is 24.7. The summed E-state index contributed by atoms with van der Waals surface area (Å²) in [6, 6.07) is 11.3. The summed E-state index contributed by atoms with van der Waals surface area (Å²) in [4.78, 5) is 44.4. The molecule has 0 radical (unpaired) electrons. The Morgan fingerprint density at radius 2 is 1.80 bits per heavy atom. The van der Waals surface area contributed by atoms with Crippen LogP contribution in [0.1, 0.15) is 42.1 Å². The van der Waals surface area contributed by atoms with Gasteiger partial charge in [-0.15, -0.1) is 0 Å². The Balaban J connectivity index is 1.64. The topological polar surface area (TPSA) is 96.3 Å². The number of aromatic nitrogens is 3. The van der Waals surface area contributed by atoms with Crippen LogP contribution in [0.5, 0.6) is 0 Å². The number of carbonyl (C=O) groups excluding carboxylic acids is 1. The van der Waals surface area contributed by atoms with Crippen LogP contribution in [0.2, 0.25) is 0 Å². The number of thioether (sulfide) groups is 1. The maximum Gasteiger partial charge on any atom is 0.296 e. The Morgan fingerprint density at radius 3 is 2.45 bits per heavy atom. The molecule has 0 N–H and O–H groups in total. The van der Waals surface area contributed by atoms with E-state index in [2.05, 4.69) is 11.8 Å². The van der Waals surface area contributed by atoms with E-state index in [-0.39, 0.29) is 26.7 Å². The van der Waals surface area contributed by atoms with Crippen molar-refractivity contribution >= 4 is 51.8 Å². The molecule has 2 fully saturated rings. The van der Waals surface area contributed by atoms with E-state index in [1.165, 1.54) is 14.1 Å². The second-order valence-electron chi connectivity index (χ2n) is 10.3. The van der Waals surface area contributed by atoms with Gasteiger partial charge in [-0.1, -0.05) is 49.1 Å². The maximum atomic E-state index is 13.9. The zero-order valence-electron chi connectivity index (χ0n) is 23.1. The third-order valence-electron chi connectivity index (χ3n) is 7.74. The number of thiocarbonyl (C=S) groups is 1. The molecule has 2 aliphatic rings. The van der Waals surface area contributed by atoms with Gasteiger partial charge in [0.05, 0.1) is 16.3 Å². The molecule has 0 aliphatic carbocycles. The minimum absolute atomic E-state index is 0.0442. The number of nitriles is 1. The van der Waals surface area contributed by atoms with Gasteiger partial charge in [0.2, 0.25) is 0 Å². The van der Waals surface area contributed by atoms with E-state index in [1.807, 2.05) is 36.4 Å². The van der Waals surface area contributed by atoms with Crippen molar-refractivity contribution in [2.45, 2.75) is 33.6 Å². The number of pyridine rings is 1. The lowest BCUT2D eigenvalue weighted by Gasteiger charge is -2.35. The SMILES string of the molecule is Cc1c(C=C2SC(=S)N(c3c(C)n(C)n(-c4ccccc4)c3=O)C2=O)c(N2CCCC(C)C2)n(C)c(=O)c1C#N. The number of nitrogens with zero attached hydrogens (tertiary/aromatic N) is 6. The lowest BCUT2D eigenvalue weighted by atomic mass is 9.98. The molecule has 2 aromatic heterocycles. The van der Waals surface area contributed by atoms with Crippen molar-refractivity contribution in [3.8, 4) is 11.8 Å². The fourth-order valence-corrected chi connectivity index (χ4v) is 6.83. The maximum absolute atomic E-state index is 13.9. The normalized spacial score (nSPS) is 18.6. The third-order valence-corrected chi connectivity index (χ3v) is 9.04. The molecule has 1 atom stereocenters. The van der Waals surface area contributed by atoms with E-state index in [0.717, 1.165) is 37.7 Å². The Bertz CT molecular complexity index is 1740. The highest BCUT2D eigenvalue weighted by atomic mass is 32.2. The summed E-state index contributed by atoms with van der Waals surface area (Å²) in [5.74, 6) is 0.713. The van der Waals surface area contributed by atoms with E-state index in [4.69, 9.17) is 12.2 Å². The molecule has 2 aliphatic heterocycles. The summed E-state index contributed by atoms with van der Waals surface area (Å²) in [5, 5.41) is 9.78. The smallest absolute Gasteiger partial charge is 0.296 e. The lowest BCUT2D eigenvalue weighted by molar-refractivity contribution is -0.113. The van der Waals surface area contributed by atoms with Crippen LogP contribution in [-0.2, 0) is 18.9 Å². The number of amides is 1.